The van der Waals surface area contributed by atoms with Gasteiger partial charge in [0.1, 0.15) is 5.82 Å². The van der Waals surface area contributed by atoms with E-state index in [9.17, 15) is 27.2 Å². The van der Waals surface area contributed by atoms with Gasteiger partial charge in [0.25, 0.3) is 5.56 Å². The van der Waals surface area contributed by atoms with Gasteiger partial charge in [-0.2, -0.15) is 13.2 Å². The van der Waals surface area contributed by atoms with Crippen LogP contribution in [0.2, 0.25) is 0 Å². The highest BCUT2D eigenvalue weighted by molar-refractivity contribution is 5.87. The van der Waals surface area contributed by atoms with Crippen LogP contribution in [-0.4, -0.2) is 35.4 Å². The molecule has 37 heavy (non-hydrogen) atoms. The Morgan fingerprint density at radius 1 is 1.16 bits per heavy atom. The lowest BCUT2D eigenvalue weighted by atomic mass is 9.91. The number of anilines is 1. The van der Waals surface area contributed by atoms with Crippen LogP contribution in [0, 0.1) is 11.7 Å². The first-order chi connectivity index (χ1) is 17.6. The second-order valence-corrected chi connectivity index (χ2v) is 9.90. The number of fused-ring (bicyclic) bond motifs is 2. The van der Waals surface area contributed by atoms with E-state index in [0.717, 1.165) is 24.7 Å². The molecule has 0 radical (unpaired) electrons. The topological polar surface area (TPSA) is 77.2 Å². The van der Waals surface area contributed by atoms with Gasteiger partial charge in [0.2, 0.25) is 5.91 Å². The number of aromatic amines is 1. The van der Waals surface area contributed by atoms with E-state index in [0.29, 0.717) is 41.1 Å². The van der Waals surface area contributed by atoms with Crippen LogP contribution in [0.25, 0.3) is 10.8 Å². The lowest BCUT2D eigenvalue weighted by Gasteiger charge is -2.35. The van der Waals surface area contributed by atoms with E-state index in [1.807, 2.05) is 0 Å². The van der Waals surface area contributed by atoms with Crippen LogP contribution in [-0.2, 0) is 23.9 Å². The molecule has 1 aliphatic carbocycles. The maximum absolute atomic E-state index is 14.8. The maximum Gasteiger partial charge on any atom is 0.416 e. The first kappa shape index (κ1) is 25.3. The van der Waals surface area contributed by atoms with Crippen LogP contribution in [0.5, 0.6) is 0 Å². The van der Waals surface area contributed by atoms with E-state index in [-0.39, 0.29) is 35.6 Å². The van der Waals surface area contributed by atoms with Crippen LogP contribution >= 0.6 is 0 Å². The second-order valence-electron chi connectivity index (χ2n) is 9.90. The van der Waals surface area contributed by atoms with Crippen LogP contribution in [0.15, 0.2) is 41.2 Å². The quantitative estimate of drug-likeness (QED) is 0.397. The number of nitrogens with zero attached hydrogens (tertiary/aromatic N) is 1. The summed E-state index contributed by atoms with van der Waals surface area (Å²) in [7, 11) is 0. The van der Waals surface area contributed by atoms with Gasteiger partial charge >= 0.3 is 6.18 Å². The van der Waals surface area contributed by atoms with Crippen LogP contribution in [0.4, 0.5) is 23.2 Å². The van der Waals surface area contributed by atoms with Crippen molar-refractivity contribution in [2.24, 2.45) is 5.92 Å². The Kier molecular flexibility index (Phi) is 6.70. The van der Waals surface area contributed by atoms with Crippen molar-refractivity contribution in [1.82, 2.24) is 15.2 Å². The van der Waals surface area contributed by atoms with E-state index in [2.05, 4.69) is 15.6 Å². The predicted molar refractivity (Wildman–Crippen MR) is 133 cm³/mol. The molecule has 6 nitrogen and oxygen atoms in total. The fourth-order valence-electron chi connectivity index (χ4n) is 4.93. The number of H-pyrrole nitrogens is 1. The number of rotatable bonds is 7. The molecule has 5 rings (SSSR count). The summed E-state index contributed by atoms with van der Waals surface area (Å²) in [6.45, 7) is 3.23. The van der Waals surface area contributed by atoms with Crippen molar-refractivity contribution in [2.45, 2.75) is 44.9 Å². The van der Waals surface area contributed by atoms with Gasteiger partial charge in [-0.25, -0.2) is 4.39 Å². The molecule has 3 N–H and O–H groups in total. The van der Waals surface area contributed by atoms with Crippen LogP contribution < -0.4 is 16.2 Å². The van der Waals surface area contributed by atoms with Gasteiger partial charge in [-0.1, -0.05) is 6.07 Å². The molecule has 3 aromatic rings. The number of halogens is 4. The Balaban J connectivity index is 1.27. The molecule has 1 fully saturated rings. The minimum absolute atomic E-state index is 0.100. The molecule has 0 saturated heterocycles. The average molecular weight is 517 g/mol. The maximum atomic E-state index is 14.8. The van der Waals surface area contributed by atoms with Crippen molar-refractivity contribution in [3.05, 3.63) is 75.0 Å². The molecule has 1 aromatic heterocycles. The lowest BCUT2D eigenvalue weighted by Crippen LogP contribution is -2.41. The minimum Gasteiger partial charge on any atom is -0.374 e. The minimum atomic E-state index is -4.42. The van der Waals surface area contributed by atoms with Gasteiger partial charge in [-0.15, -0.1) is 0 Å². The fourth-order valence-corrected chi connectivity index (χ4v) is 4.93. The summed E-state index contributed by atoms with van der Waals surface area (Å²) in [6, 6.07) is 7.66. The number of hydrogen-bond acceptors (Lipinski definition) is 4. The Morgan fingerprint density at radius 2 is 1.95 bits per heavy atom. The molecule has 1 amide bonds. The van der Waals surface area contributed by atoms with Gasteiger partial charge < -0.3 is 20.5 Å². The number of amides is 1. The molecule has 196 valence electrons. The highest BCUT2D eigenvalue weighted by Gasteiger charge is 2.33. The Morgan fingerprint density at radius 3 is 2.68 bits per heavy atom. The smallest absolute Gasteiger partial charge is 0.374 e. The number of carbonyl (C=O) groups is 1. The van der Waals surface area contributed by atoms with Gasteiger partial charge in [-0.05, 0) is 85.5 Å². The predicted octanol–water partition coefficient (Wildman–Crippen LogP) is 4.74. The van der Waals surface area contributed by atoms with E-state index in [4.69, 9.17) is 0 Å². The number of pyridine rings is 1. The van der Waals surface area contributed by atoms with Crippen LogP contribution in [0.3, 0.4) is 0 Å². The van der Waals surface area contributed by atoms with Crippen molar-refractivity contribution >= 4 is 22.4 Å². The third kappa shape index (κ3) is 5.49. The summed E-state index contributed by atoms with van der Waals surface area (Å²) in [5, 5.41) is 6.93. The van der Waals surface area contributed by atoms with Crippen molar-refractivity contribution in [3.8, 4) is 0 Å². The van der Waals surface area contributed by atoms with Gasteiger partial charge in [0.15, 0.2) is 0 Å². The van der Waals surface area contributed by atoms with Gasteiger partial charge in [0.05, 0.1) is 29.2 Å². The molecule has 10 heteroatoms. The van der Waals surface area contributed by atoms with E-state index in [1.165, 1.54) is 25.0 Å². The third-order valence-electron chi connectivity index (χ3n) is 7.19. The van der Waals surface area contributed by atoms with E-state index < -0.39 is 23.6 Å². The normalized spacial score (nSPS) is 17.6. The zero-order chi connectivity index (χ0) is 26.3. The largest absolute Gasteiger partial charge is 0.416 e. The highest BCUT2D eigenvalue weighted by atomic mass is 19.4. The summed E-state index contributed by atoms with van der Waals surface area (Å²) < 4.78 is 53.9. The zero-order valence-corrected chi connectivity index (χ0v) is 20.3. The number of benzene rings is 2. The van der Waals surface area contributed by atoms with E-state index >= 15 is 0 Å². The van der Waals surface area contributed by atoms with Crippen LogP contribution in [0.1, 0.15) is 48.2 Å². The zero-order valence-electron chi connectivity index (χ0n) is 20.3. The van der Waals surface area contributed by atoms with Crippen molar-refractivity contribution in [1.29, 1.82) is 0 Å². The molecule has 0 bridgehead atoms. The molecule has 2 aromatic carbocycles. The molecule has 2 aliphatic rings. The number of carbonyl (C=O) groups excluding carboxylic acids is 1. The molecular formula is C27H28F4N4O2. The fraction of sp³-hybridized carbons (Fsp3) is 0.407. The lowest BCUT2D eigenvalue weighted by molar-refractivity contribution is -0.138. The standard InChI is InChI=1S/C27H28F4N4O2/c1-15-21-5-4-19(27(29,30)31)8-17(21)6-7-35(15)25(36)14-33-24-10-18-9-20(13-32-12-16-2-3-16)34-26(37)22(18)11-23(24)28/h4-5,8-11,15-16,32-33H,2-3,6-7,12-14H2,1H3,(H,34,37)/t15-/m0/s1. The molecule has 1 saturated carbocycles. The second kappa shape index (κ2) is 9.81. The summed E-state index contributed by atoms with van der Waals surface area (Å²) >= 11 is 0. The molecule has 0 spiro atoms. The summed E-state index contributed by atoms with van der Waals surface area (Å²) in [6.07, 6.45) is -1.68. The number of aromatic nitrogens is 1. The summed E-state index contributed by atoms with van der Waals surface area (Å²) in [4.78, 5) is 29.8. The molecular weight excluding hydrogens is 488 g/mol. The van der Waals surface area contributed by atoms with Crippen molar-refractivity contribution in [2.75, 3.05) is 25.0 Å². The summed E-state index contributed by atoms with van der Waals surface area (Å²) in [5.41, 5.74) is 0.965. The van der Waals surface area contributed by atoms with Crippen molar-refractivity contribution in [3.63, 3.8) is 0 Å². The first-order valence-corrected chi connectivity index (χ1v) is 12.4. The first-order valence-electron chi connectivity index (χ1n) is 12.4. The Hall–Kier alpha value is -3.40. The van der Waals surface area contributed by atoms with Crippen molar-refractivity contribution < 1.29 is 22.4 Å². The van der Waals surface area contributed by atoms with E-state index in [1.54, 1.807) is 17.9 Å². The third-order valence-corrected chi connectivity index (χ3v) is 7.19. The molecule has 1 atom stereocenters. The summed E-state index contributed by atoms with van der Waals surface area (Å²) in [5.74, 6) is -0.251. The number of alkyl halides is 3. The highest BCUT2D eigenvalue weighted by Crippen LogP contribution is 2.35. The SMILES string of the molecule is C[C@H]1c2ccc(C(F)(F)F)cc2CCN1C(=O)CNc1cc2cc(CNCC3CC3)[nH]c(=O)c2cc1F. The molecule has 1 aliphatic heterocycles. The number of hydrogen-bond donors (Lipinski definition) is 3. The Bertz CT molecular complexity index is 1400. The average Bonchev–Trinajstić information content (AvgIpc) is 3.67. The Labute approximate surface area is 211 Å². The van der Waals surface area contributed by atoms with Gasteiger partial charge in [0, 0.05) is 18.8 Å². The molecule has 2 heterocycles. The van der Waals surface area contributed by atoms with Gasteiger partial charge in [-0.3, -0.25) is 9.59 Å². The number of nitrogens with one attached hydrogen (secondary N) is 3. The molecule has 0 unspecified atom stereocenters. The monoisotopic (exact) mass is 516 g/mol.